The molecule has 0 fully saturated rings. The van der Waals surface area contributed by atoms with Crippen LogP contribution >= 0.6 is 11.3 Å². The van der Waals surface area contributed by atoms with Gasteiger partial charge in [-0.25, -0.2) is 4.98 Å². The van der Waals surface area contributed by atoms with E-state index < -0.39 is 0 Å². The van der Waals surface area contributed by atoms with Gasteiger partial charge in [-0.2, -0.15) is 0 Å². The average molecular weight is 290 g/mol. The molecule has 0 saturated carbocycles. The van der Waals surface area contributed by atoms with Crippen LogP contribution in [-0.2, 0) is 11.8 Å². The zero-order valence-electron chi connectivity index (χ0n) is 12.5. The van der Waals surface area contributed by atoms with Crippen LogP contribution in [0.2, 0.25) is 0 Å². The third-order valence-electron chi connectivity index (χ3n) is 3.22. The Hall–Kier alpha value is -1.30. The second-order valence-electron chi connectivity index (χ2n) is 6.03. The minimum atomic E-state index is 0.0654. The lowest BCUT2D eigenvalue weighted by atomic mass is 9.93. The molecule has 2 aromatic rings. The van der Waals surface area contributed by atoms with Crippen molar-refractivity contribution in [1.29, 1.82) is 0 Å². The minimum absolute atomic E-state index is 0.0654. The molecule has 0 radical (unpaired) electrons. The molecule has 108 valence electrons. The van der Waals surface area contributed by atoms with E-state index in [-0.39, 0.29) is 11.5 Å². The van der Waals surface area contributed by atoms with Crippen molar-refractivity contribution in [2.45, 2.75) is 45.6 Å². The number of aryl methyl sites for hydroxylation is 1. The Morgan fingerprint density at radius 1 is 1.40 bits per heavy atom. The maximum absolute atomic E-state index is 5.70. The summed E-state index contributed by atoms with van der Waals surface area (Å²) in [6.45, 7) is 8.52. The van der Waals surface area contributed by atoms with E-state index in [1.807, 2.05) is 19.2 Å². The highest BCUT2D eigenvalue weighted by molar-refractivity contribution is 7.09. The summed E-state index contributed by atoms with van der Waals surface area (Å²) < 4.78 is 0. The lowest BCUT2D eigenvalue weighted by molar-refractivity contribution is 0.540. The van der Waals surface area contributed by atoms with Crippen molar-refractivity contribution in [2.24, 2.45) is 5.84 Å². The third-order valence-corrected chi connectivity index (χ3v) is 4.09. The molecule has 0 aliphatic heterocycles. The van der Waals surface area contributed by atoms with Gasteiger partial charge in [0.25, 0.3) is 0 Å². The van der Waals surface area contributed by atoms with Gasteiger partial charge in [0.1, 0.15) is 0 Å². The molecule has 4 nitrogen and oxygen atoms in total. The number of thiazole rings is 1. The van der Waals surface area contributed by atoms with E-state index in [9.17, 15) is 0 Å². The number of nitrogens with zero attached hydrogens (tertiary/aromatic N) is 2. The SMILES string of the molecule is Cc1cc(C(Cc2nc(C(C)(C)C)cs2)NN)ccn1. The van der Waals surface area contributed by atoms with E-state index >= 15 is 0 Å². The van der Waals surface area contributed by atoms with Gasteiger partial charge in [-0.3, -0.25) is 16.3 Å². The number of pyridine rings is 1. The topological polar surface area (TPSA) is 63.8 Å². The zero-order valence-corrected chi connectivity index (χ0v) is 13.3. The van der Waals surface area contributed by atoms with E-state index in [1.54, 1.807) is 11.3 Å². The third kappa shape index (κ3) is 3.62. The largest absolute Gasteiger partial charge is 0.271 e. The summed E-state index contributed by atoms with van der Waals surface area (Å²) >= 11 is 1.70. The van der Waals surface area contributed by atoms with Crippen LogP contribution in [0, 0.1) is 6.92 Å². The number of nitrogens with one attached hydrogen (secondary N) is 1. The van der Waals surface area contributed by atoms with Gasteiger partial charge >= 0.3 is 0 Å². The number of nitrogens with two attached hydrogens (primary N) is 1. The van der Waals surface area contributed by atoms with Crippen LogP contribution in [0.5, 0.6) is 0 Å². The Morgan fingerprint density at radius 3 is 2.70 bits per heavy atom. The Morgan fingerprint density at radius 2 is 2.15 bits per heavy atom. The first-order valence-corrected chi connectivity index (χ1v) is 7.61. The van der Waals surface area contributed by atoms with Crippen molar-refractivity contribution < 1.29 is 0 Å². The molecule has 2 heterocycles. The Labute approximate surface area is 124 Å². The Balaban J connectivity index is 2.16. The van der Waals surface area contributed by atoms with Crippen molar-refractivity contribution in [1.82, 2.24) is 15.4 Å². The van der Waals surface area contributed by atoms with E-state index in [4.69, 9.17) is 10.8 Å². The van der Waals surface area contributed by atoms with Gasteiger partial charge in [-0.15, -0.1) is 11.3 Å². The van der Waals surface area contributed by atoms with Crippen molar-refractivity contribution in [3.63, 3.8) is 0 Å². The molecule has 1 unspecified atom stereocenters. The van der Waals surface area contributed by atoms with E-state index in [0.29, 0.717) is 0 Å². The minimum Gasteiger partial charge on any atom is -0.271 e. The van der Waals surface area contributed by atoms with Crippen LogP contribution in [0.15, 0.2) is 23.7 Å². The fraction of sp³-hybridized carbons (Fsp3) is 0.467. The molecule has 20 heavy (non-hydrogen) atoms. The molecular weight excluding hydrogens is 268 g/mol. The van der Waals surface area contributed by atoms with Crippen LogP contribution in [-0.4, -0.2) is 9.97 Å². The molecule has 2 aromatic heterocycles. The molecule has 3 N–H and O–H groups in total. The van der Waals surface area contributed by atoms with E-state index in [1.165, 1.54) is 0 Å². The standard InChI is InChI=1S/C15H22N4S/c1-10-7-11(5-6-17-10)12(19-16)8-14-18-13(9-20-14)15(2,3)4/h5-7,9,12,19H,8,16H2,1-4H3. The lowest BCUT2D eigenvalue weighted by Gasteiger charge is -2.16. The lowest BCUT2D eigenvalue weighted by Crippen LogP contribution is -2.29. The van der Waals surface area contributed by atoms with Gasteiger partial charge in [-0.05, 0) is 24.6 Å². The molecule has 5 heteroatoms. The average Bonchev–Trinajstić information content (AvgIpc) is 2.84. The number of hydrogen-bond acceptors (Lipinski definition) is 5. The molecule has 1 atom stereocenters. The highest BCUT2D eigenvalue weighted by Crippen LogP contribution is 2.26. The number of rotatable bonds is 4. The summed E-state index contributed by atoms with van der Waals surface area (Å²) in [5.41, 5.74) is 6.25. The summed E-state index contributed by atoms with van der Waals surface area (Å²) in [6, 6.07) is 4.12. The van der Waals surface area contributed by atoms with Gasteiger partial charge < -0.3 is 0 Å². The number of hydrazine groups is 1. The van der Waals surface area contributed by atoms with Gasteiger partial charge in [0.05, 0.1) is 16.7 Å². The van der Waals surface area contributed by atoms with E-state index in [2.05, 4.69) is 42.6 Å². The maximum atomic E-state index is 5.70. The van der Waals surface area contributed by atoms with E-state index in [0.717, 1.165) is 28.4 Å². The molecule has 0 aromatic carbocycles. The molecule has 0 amide bonds. The number of aromatic nitrogens is 2. The van der Waals surface area contributed by atoms with Crippen LogP contribution in [0.3, 0.4) is 0 Å². The second kappa shape index (κ2) is 5.99. The first-order valence-electron chi connectivity index (χ1n) is 6.73. The predicted octanol–water partition coefficient (Wildman–Crippen LogP) is 2.89. The van der Waals surface area contributed by atoms with Crippen LogP contribution in [0.4, 0.5) is 0 Å². The Bertz CT molecular complexity index is 571. The van der Waals surface area contributed by atoms with Gasteiger partial charge in [0.15, 0.2) is 0 Å². The molecule has 0 aliphatic rings. The second-order valence-corrected chi connectivity index (χ2v) is 6.97. The molecule has 0 saturated heterocycles. The van der Waals surface area contributed by atoms with Gasteiger partial charge in [-0.1, -0.05) is 20.8 Å². The summed E-state index contributed by atoms with van der Waals surface area (Å²) in [5, 5.41) is 3.24. The highest BCUT2D eigenvalue weighted by Gasteiger charge is 2.19. The monoisotopic (exact) mass is 290 g/mol. The van der Waals surface area contributed by atoms with Gasteiger partial charge in [0.2, 0.25) is 0 Å². The zero-order chi connectivity index (χ0) is 14.8. The normalized spacial score (nSPS) is 13.4. The van der Waals surface area contributed by atoms with Crippen molar-refractivity contribution in [3.8, 4) is 0 Å². The molecule has 0 spiro atoms. The van der Waals surface area contributed by atoms with Crippen molar-refractivity contribution >= 4 is 11.3 Å². The number of hydrogen-bond donors (Lipinski definition) is 2. The van der Waals surface area contributed by atoms with Crippen LogP contribution < -0.4 is 11.3 Å². The summed E-state index contributed by atoms with van der Waals surface area (Å²) in [6.07, 6.45) is 2.61. The smallest absolute Gasteiger partial charge is 0.0948 e. The van der Waals surface area contributed by atoms with Crippen LogP contribution in [0.25, 0.3) is 0 Å². The first kappa shape index (κ1) is 15.1. The quantitative estimate of drug-likeness (QED) is 0.671. The van der Waals surface area contributed by atoms with Crippen molar-refractivity contribution in [2.75, 3.05) is 0 Å². The summed E-state index contributed by atoms with van der Waals surface area (Å²) in [5.74, 6) is 5.70. The molecular formula is C15H22N4S. The van der Waals surface area contributed by atoms with Crippen molar-refractivity contribution in [3.05, 3.63) is 45.7 Å². The van der Waals surface area contributed by atoms with Crippen LogP contribution in [0.1, 0.15) is 48.8 Å². The molecule has 2 rings (SSSR count). The fourth-order valence-corrected chi connectivity index (χ4v) is 3.05. The molecule has 0 bridgehead atoms. The van der Waals surface area contributed by atoms with Gasteiger partial charge in [0, 0.05) is 29.1 Å². The summed E-state index contributed by atoms with van der Waals surface area (Å²) in [4.78, 5) is 8.94. The molecule has 0 aliphatic carbocycles. The first-order chi connectivity index (χ1) is 9.40. The predicted molar refractivity (Wildman–Crippen MR) is 83.6 cm³/mol. The maximum Gasteiger partial charge on any atom is 0.0948 e. The fourth-order valence-electron chi connectivity index (χ4n) is 1.98. The summed E-state index contributed by atoms with van der Waals surface area (Å²) in [7, 11) is 0. The highest BCUT2D eigenvalue weighted by atomic mass is 32.1. The Kier molecular flexibility index (Phi) is 4.52.